The van der Waals surface area contributed by atoms with E-state index in [0.29, 0.717) is 24.3 Å². The number of benzene rings is 1. The summed E-state index contributed by atoms with van der Waals surface area (Å²) >= 11 is 0. The van der Waals surface area contributed by atoms with Crippen LogP contribution in [-0.4, -0.2) is 30.7 Å². The van der Waals surface area contributed by atoms with E-state index in [4.69, 9.17) is 10.7 Å². The lowest BCUT2D eigenvalue weighted by molar-refractivity contribution is -0.142. The molecule has 0 aliphatic heterocycles. The van der Waals surface area contributed by atoms with E-state index in [9.17, 15) is 9.90 Å². The molecule has 1 saturated carbocycles. The van der Waals surface area contributed by atoms with Crippen LogP contribution in [0.15, 0.2) is 48.8 Å². The molecule has 0 atom stereocenters. The third-order valence-corrected chi connectivity index (χ3v) is 5.92. The highest BCUT2D eigenvalue weighted by atomic mass is 16.4. The molecule has 0 radical (unpaired) electrons. The molecular formula is C22H21N5O2. The predicted octanol–water partition coefficient (Wildman–Crippen LogP) is 3.89. The number of hydrogen-bond donors (Lipinski definition) is 2. The Balaban J connectivity index is 1.55. The summed E-state index contributed by atoms with van der Waals surface area (Å²) in [5.41, 5.74) is 10.7. The Morgan fingerprint density at radius 1 is 1.10 bits per heavy atom. The number of rotatable bonds is 3. The molecule has 0 unspecified atom stereocenters. The summed E-state index contributed by atoms with van der Waals surface area (Å²) in [7, 11) is 0. The smallest absolute Gasteiger partial charge is 0.306 e. The number of aromatic nitrogens is 4. The molecule has 0 amide bonds. The van der Waals surface area contributed by atoms with Crippen molar-refractivity contribution in [1.29, 1.82) is 0 Å². The quantitative estimate of drug-likeness (QED) is 0.552. The van der Waals surface area contributed by atoms with Crippen LogP contribution in [0, 0.1) is 5.92 Å². The molecule has 4 aromatic rings. The fraction of sp³-hybridized carbons (Fsp3) is 0.273. The fourth-order valence-electron chi connectivity index (χ4n) is 4.27. The van der Waals surface area contributed by atoms with Crippen LogP contribution in [0.2, 0.25) is 0 Å². The van der Waals surface area contributed by atoms with Gasteiger partial charge in [0, 0.05) is 40.4 Å². The lowest BCUT2D eigenvalue weighted by Crippen LogP contribution is -2.21. The second-order valence-corrected chi connectivity index (χ2v) is 7.70. The Morgan fingerprint density at radius 2 is 1.90 bits per heavy atom. The molecule has 3 heterocycles. The van der Waals surface area contributed by atoms with Gasteiger partial charge in [0.1, 0.15) is 5.82 Å². The van der Waals surface area contributed by atoms with Gasteiger partial charge in [0.2, 0.25) is 0 Å². The largest absolute Gasteiger partial charge is 0.481 e. The zero-order valence-electron chi connectivity index (χ0n) is 15.8. The molecule has 1 aliphatic rings. The van der Waals surface area contributed by atoms with Crippen molar-refractivity contribution in [2.24, 2.45) is 5.92 Å². The normalized spacial score (nSPS) is 19.6. The molecule has 1 aliphatic carbocycles. The summed E-state index contributed by atoms with van der Waals surface area (Å²) in [5, 5.41) is 14.7. The van der Waals surface area contributed by atoms with Crippen molar-refractivity contribution < 1.29 is 9.90 Å². The predicted molar refractivity (Wildman–Crippen MR) is 110 cm³/mol. The van der Waals surface area contributed by atoms with Crippen molar-refractivity contribution in [3.8, 4) is 11.1 Å². The fourth-order valence-corrected chi connectivity index (χ4v) is 4.27. The molecule has 7 heteroatoms. The second kappa shape index (κ2) is 6.84. The first-order valence-electron chi connectivity index (χ1n) is 9.82. The highest BCUT2D eigenvalue weighted by Crippen LogP contribution is 2.36. The lowest BCUT2D eigenvalue weighted by atomic mass is 9.80. The summed E-state index contributed by atoms with van der Waals surface area (Å²) in [6, 6.07) is 11.9. The maximum absolute atomic E-state index is 11.2. The van der Waals surface area contributed by atoms with Gasteiger partial charge in [-0.3, -0.25) is 9.78 Å². The van der Waals surface area contributed by atoms with Crippen LogP contribution < -0.4 is 5.73 Å². The number of nitrogen functional groups attached to an aromatic ring is 1. The summed E-state index contributed by atoms with van der Waals surface area (Å²) < 4.78 is 1.65. The Bertz CT molecular complexity index is 1220. The van der Waals surface area contributed by atoms with Crippen LogP contribution in [-0.2, 0) is 4.79 Å². The van der Waals surface area contributed by atoms with Gasteiger partial charge in [-0.15, -0.1) is 0 Å². The number of carboxylic acid groups (broad SMARTS) is 1. The first kappa shape index (κ1) is 17.6. The number of fused-ring (bicyclic) bond motifs is 2. The van der Waals surface area contributed by atoms with E-state index in [0.717, 1.165) is 40.6 Å². The summed E-state index contributed by atoms with van der Waals surface area (Å²) in [6.45, 7) is 0. The Labute approximate surface area is 167 Å². The van der Waals surface area contributed by atoms with Crippen LogP contribution in [0.4, 0.5) is 5.82 Å². The summed E-state index contributed by atoms with van der Waals surface area (Å²) in [5.74, 6) is -0.199. The van der Waals surface area contributed by atoms with Gasteiger partial charge >= 0.3 is 5.97 Å². The minimum absolute atomic E-state index is 0.218. The number of carbonyl (C=O) groups is 1. The monoisotopic (exact) mass is 387 g/mol. The van der Waals surface area contributed by atoms with Gasteiger partial charge < -0.3 is 10.8 Å². The molecule has 1 aromatic carbocycles. The van der Waals surface area contributed by atoms with Gasteiger partial charge in [-0.2, -0.15) is 9.61 Å². The number of para-hydroxylation sites is 1. The van der Waals surface area contributed by atoms with Gasteiger partial charge in [0.25, 0.3) is 0 Å². The van der Waals surface area contributed by atoms with Crippen LogP contribution in [0.1, 0.15) is 37.3 Å². The van der Waals surface area contributed by atoms with Gasteiger partial charge in [0.05, 0.1) is 17.6 Å². The topological polar surface area (TPSA) is 106 Å². The average molecular weight is 387 g/mol. The highest BCUT2D eigenvalue weighted by molar-refractivity contribution is 5.86. The van der Waals surface area contributed by atoms with Crippen LogP contribution >= 0.6 is 0 Å². The minimum Gasteiger partial charge on any atom is -0.481 e. The molecule has 5 rings (SSSR count). The molecule has 3 N–H and O–H groups in total. The zero-order valence-corrected chi connectivity index (χ0v) is 15.8. The highest BCUT2D eigenvalue weighted by Gasteiger charge is 2.28. The number of anilines is 1. The van der Waals surface area contributed by atoms with Gasteiger partial charge in [0.15, 0.2) is 5.65 Å². The van der Waals surface area contributed by atoms with Crippen LogP contribution in [0.5, 0.6) is 0 Å². The molecule has 29 heavy (non-hydrogen) atoms. The molecule has 1 fully saturated rings. The Hall–Kier alpha value is -3.48. The van der Waals surface area contributed by atoms with Crippen molar-refractivity contribution in [2.45, 2.75) is 31.6 Å². The number of aliphatic carboxylic acids is 1. The van der Waals surface area contributed by atoms with E-state index in [1.807, 2.05) is 36.5 Å². The summed E-state index contributed by atoms with van der Waals surface area (Å²) in [4.78, 5) is 20.7. The number of carboxylic acids is 1. The third-order valence-electron chi connectivity index (χ3n) is 5.92. The molecule has 0 saturated heterocycles. The average Bonchev–Trinajstić information content (AvgIpc) is 3.18. The molecule has 7 nitrogen and oxygen atoms in total. The zero-order chi connectivity index (χ0) is 20.0. The van der Waals surface area contributed by atoms with E-state index in [2.05, 4.69) is 16.1 Å². The van der Waals surface area contributed by atoms with Crippen molar-refractivity contribution in [3.05, 3.63) is 54.5 Å². The van der Waals surface area contributed by atoms with Gasteiger partial charge in [-0.05, 0) is 37.8 Å². The Morgan fingerprint density at radius 3 is 2.69 bits per heavy atom. The molecule has 3 aromatic heterocycles. The third kappa shape index (κ3) is 3.08. The SMILES string of the molecule is Nc1cc([C@H]2CC[C@H](C(=O)O)CC2)nc2c(-c3cnc4ccccc4c3)cnn12. The second-order valence-electron chi connectivity index (χ2n) is 7.70. The van der Waals surface area contributed by atoms with Gasteiger partial charge in [-0.1, -0.05) is 18.2 Å². The molecular weight excluding hydrogens is 366 g/mol. The minimum atomic E-state index is -0.701. The van der Waals surface area contributed by atoms with E-state index in [1.54, 1.807) is 10.7 Å². The Kier molecular flexibility index (Phi) is 4.16. The standard InChI is InChI=1S/C22H21N5O2/c23-20-10-19(13-5-7-14(8-6-13)22(28)29)26-21-17(12-25-27(20)21)16-9-15-3-1-2-4-18(15)24-11-16/h1-4,9-14H,5-8,23H2,(H,28,29)/t13-,14-. The van der Waals surface area contributed by atoms with Crippen LogP contribution in [0.3, 0.4) is 0 Å². The van der Waals surface area contributed by atoms with E-state index >= 15 is 0 Å². The number of nitrogens with zero attached hydrogens (tertiary/aromatic N) is 4. The molecule has 0 bridgehead atoms. The van der Waals surface area contributed by atoms with Crippen molar-refractivity contribution in [3.63, 3.8) is 0 Å². The van der Waals surface area contributed by atoms with Gasteiger partial charge in [-0.25, -0.2) is 4.98 Å². The van der Waals surface area contributed by atoms with E-state index < -0.39 is 5.97 Å². The van der Waals surface area contributed by atoms with Crippen molar-refractivity contribution in [1.82, 2.24) is 19.6 Å². The summed E-state index contributed by atoms with van der Waals surface area (Å²) in [6.07, 6.45) is 6.57. The molecule has 146 valence electrons. The first-order valence-corrected chi connectivity index (χ1v) is 9.82. The maximum Gasteiger partial charge on any atom is 0.306 e. The number of pyridine rings is 1. The lowest BCUT2D eigenvalue weighted by Gasteiger charge is -2.25. The first-order chi connectivity index (χ1) is 14.1. The maximum atomic E-state index is 11.2. The number of nitrogens with two attached hydrogens (primary N) is 1. The van der Waals surface area contributed by atoms with Crippen LogP contribution in [0.25, 0.3) is 27.7 Å². The van der Waals surface area contributed by atoms with E-state index in [1.165, 1.54) is 0 Å². The molecule has 0 spiro atoms. The van der Waals surface area contributed by atoms with E-state index in [-0.39, 0.29) is 11.8 Å². The number of hydrogen-bond acceptors (Lipinski definition) is 5. The van der Waals surface area contributed by atoms with Crippen molar-refractivity contribution >= 4 is 28.3 Å². The van der Waals surface area contributed by atoms with Crippen molar-refractivity contribution in [2.75, 3.05) is 5.73 Å².